The van der Waals surface area contributed by atoms with E-state index in [0.717, 1.165) is 10.6 Å². The van der Waals surface area contributed by atoms with Gasteiger partial charge in [0.2, 0.25) is 10.0 Å². The number of hydrogen-bond donors (Lipinski definition) is 0. The van der Waals surface area contributed by atoms with Crippen LogP contribution in [-0.2, 0) is 19.6 Å². The van der Waals surface area contributed by atoms with Crippen LogP contribution >= 0.6 is 11.6 Å². The van der Waals surface area contributed by atoms with E-state index in [0.29, 0.717) is 16.3 Å². The van der Waals surface area contributed by atoms with Crippen molar-refractivity contribution in [3.05, 3.63) is 28.8 Å². The van der Waals surface area contributed by atoms with E-state index in [1.165, 1.54) is 20.1 Å². The van der Waals surface area contributed by atoms with E-state index in [9.17, 15) is 13.2 Å². The normalized spacial score (nSPS) is 12.9. The minimum absolute atomic E-state index is 0.368. The van der Waals surface area contributed by atoms with Crippen molar-refractivity contribution < 1.29 is 17.9 Å². The van der Waals surface area contributed by atoms with Crippen molar-refractivity contribution in [2.24, 2.45) is 0 Å². The number of sulfonamides is 1. The third-order valence-electron chi connectivity index (χ3n) is 2.66. The summed E-state index contributed by atoms with van der Waals surface area (Å²) in [7, 11) is -2.43. The fourth-order valence-electron chi connectivity index (χ4n) is 1.76. The standard InChI is InChI=1S/C12H16ClNO4S/c1-8-5-6-10(13)7-11(8)14(19(4,16)17)9(2)12(15)18-3/h5-7,9H,1-4H3. The molecule has 0 N–H and O–H groups in total. The molecule has 0 saturated carbocycles. The van der Waals surface area contributed by atoms with Crippen LogP contribution in [-0.4, -0.2) is 33.8 Å². The Balaban J connectivity index is 3.41. The number of esters is 1. The number of hydrogen-bond acceptors (Lipinski definition) is 4. The quantitative estimate of drug-likeness (QED) is 0.798. The first kappa shape index (κ1) is 15.8. The summed E-state index contributed by atoms with van der Waals surface area (Å²) in [5, 5.41) is 0.395. The highest BCUT2D eigenvalue weighted by Crippen LogP contribution is 2.28. The number of rotatable bonds is 4. The second-order valence-corrected chi connectivity index (χ2v) is 6.48. The Labute approximate surface area is 118 Å². The van der Waals surface area contributed by atoms with Crippen molar-refractivity contribution >= 4 is 33.3 Å². The monoisotopic (exact) mass is 305 g/mol. The summed E-state index contributed by atoms with van der Waals surface area (Å²) in [5.74, 6) is -0.634. The average Bonchev–Trinajstić information content (AvgIpc) is 2.31. The van der Waals surface area contributed by atoms with Crippen LogP contribution in [0, 0.1) is 6.92 Å². The van der Waals surface area contributed by atoms with Gasteiger partial charge in [0.25, 0.3) is 0 Å². The molecule has 0 fully saturated rings. The molecule has 5 nitrogen and oxygen atoms in total. The van der Waals surface area contributed by atoms with E-state index in [2.05, 4.69) is 4.74 Å². The van der Waals surface area contributed by atoms with Gasteiger partial charge in [-0.15, -0.1) is 0 Å². The summed E-state index contributed by atoms with van der Waals surface area (Å²) >= 11 is 5.89. The first-order valence-corrected chi connectivity index (χ1v) is 7.74. The van der Waals surface area contributed by atoms with E-state index in [4.69, 9.17) is 11.6 Å². The van der Waals surface area contributed by atoms with Gasteiger partial charge in [0.1, 0.15) is 6.04 Å². The number of anilines is 1. The number of ether oxygens (including phenoxy) is 1. The lowest BCUT2D eigenvalue weighted by Gasteiger charge is -2.28. The van der Waals surface area contributed by atoms with Gasteiger partial charge in [0.05, 0.1) is 19.1 Å². The van der Waals surface area contributed by atoms with Gasteiger partial charge in [0.15, 0.2) is 0 Å². The number of halogens is 1. The van der Waals surface area contributed by atoms with E-state index < -0.39 is 22.0 Å². The summed E-state index contributed by atoms with van der Waals surface area (Å²) in [5.41, 5.74) is 1.07. The Bertz CT molecular complexity index is 585. The van der Waals surface area contributed by atoms with Crippen molar-refractivity contribution in [3.8, 4) is 0 Å². The molecule has 0 aromatic heterocycles. The molecular weight excluding hydrogens is 290 g/mol. The first-order valence-electron chi connectivity index (χ1n) is 5.52. The third kappa shape index (κ3) is 3.61. The maximum absolute atomic E-state index is 11.9. The summed E-state index contributed by atoms with van der Waals surface area (Å²) < 4.78 is 29.5. The molecular formula is C12H16ClNO4S. The molecule has 1 aromatic carbocycles. The zero-order valence-electron chi connectivity index (χ0n) is 11.2. The minimum atomic E-state index is -3.64. The molecule has 0 aliphatic rings. The number of aryl methyl sites for hydroxylation is 1. The molecule has 0 aliphatic heterocycles. The van der Waals surface area contributed by atoms with Crippen LogP contribution in [0.15, 0.2) is 18.2 Å². The first-order chi connectivity index (χ1) is 8.68. The van der Waals surface area contributed by atoms with Gasteiger partial charge in [-0.3, -0.25) is 4.31 Å². The van der Waals surface area contributed by atoms with E-state index in [1.807, 2.05) is 0 Å². The van der Waals surface area contributed by atoms with Gasteiger partial charge < -0.3 is 4.74 Å². The number of carbonyl (C=O) groups is 1. The van der Waals surface area contributed by atoms with Crippen LogP contribution in [0.1, 0.15) is 12.5 Å². The molecule has 19 heavy (non-hydrogen) atoms. The molecule has 1 atom stereocenters. The molecule has 0 saturated heterocycles. The second kappa shape index (κ2) is 5.79. The predicted molar refractivity (Wildman–Crippen MR) is 75.0 cm³/mol. The van der Waals surface area contributed by atoms with Gasteiger partial charge in [-0.25, -0.2) is 13.2 Å². The summed E-state index contributed by atoms with van der Waals surface area (Å²) in [6, 6.07) is 3.90. The number of carbonyl (C=O) groups excluding carboxylic acids is 1. The second-order valence-electron chi connectivity index (χ2n) is 4.19. The van der Waals surface area contributed by atoms with Crippen molar-refractivity contribution in [1.82, 2.24) is 0 Å². The fourth-order valence-corrected chi connectivity index (χ4v) is 3.14. The Morgan fingerprint density at radius 3 is 2.47 bits per heavy atom. The zero-order valence-corrected chi connectivity index (χ0v) is 12.7. The minimum Gasteiger partial charge on any atom is -0.467 e. The summed E-state index contributed by atoms with van der Waals surface area (Å²) in [4.78, 5) is 11.6. The van der Waals surface area contributed by atoms with Gasteiger partial charge >= 0.3 is 5.97 Å². The maximum Gasteiger partial charge on any atom is 0.329 e. The van der Waals surface area contributed by atoms with Crippen molar-refractivity contribution in [2.75, 3.05) is 17.7 Å². The lowest BCUT2D eigenvalue weighted by molar-refractivity contribution is -0.141. The topological polar surface area (TPSA) is 63.7 Å². The predicted octanol–water partition coefficient (Wildman–Crippen LogP) is 1.98. The molecule has 0 spiro atoms. The Morgan fingerprint density at radius 1 is 1.42 bits per heavy atom. The van der Waals surface area contributed by atoms with E-state index >= 15 is 0 Å². The van der Waals surface area contributed by atoms with E-state index in [-0.39, 0.29) is 0 Å². The molecule has 1 unspecified atom stereocenters. The molecule has 0 amide bonds. The third-order valence-corrected chi connectivity index (χ3v) is 4.12. The highest BCUT2D eigenvalue weighted by Gasteiger charge is 2.30. The Morgan fingerprint density at radius 2 is 2.00 bits per heavy atom. The number of methoxy groups -OCH3 is 1. The molecule has 0 radical (unpaired) electrons. The average molecular weight is 306 g/mol. The molecule has 0 aliphatic carbocycles. The highest BCUT2D eigenvalue weighted by atomic mass is 35.5. The Kier molecular flexibility index (Phi) is 4.81. The maximum atomic E-state index is 11.9. The molecule has 0 heterocycles. The lowest BCUT2D eigenvalue weighted by Crippen LogP contribution is -2.43. The summed E-state index contributed by atoms with van der Waals surface area (Å²) in [6.45, 7) is 3.21. The van der Waals surface area contributed by atoms with Crippen LogP contribution in [0.3, 0.4) is 0 Å². The smallest absolute Gasteiger partial charge is 0.329 e. The molecule has 106 valence electrons. The zero-order chi connectivity index (χ0) is 14.8. The molecule has 7 heteroatoms. The van der Waals surface area contributed by atoms with Gasteiger partial charge in [-0.05, 0) is 31.5 Å². The largest absolute Gasteiger partial charge is 0.467 e. The van der Waals surface area contributed by atoms with Crippen molar-refractivity contribution in [1.29, 1.82) is 0 Å². The van der Waals surface area contributed by atoms with Crippen LogP contribution < -0.4 is 4.31 Å². The highest BCUT2D eigenvalue weighted by molar-refractivity contribution is 7.92. The SMILES string of the molecule is COC(=O)C(C)N(c1cc(Cl)ccc1C)S(C)(=O)=O. The molecule has 1 rings (SSSR count). The van der Waals surface area contributed by atoms with Crippen LogP contribution in [0.4, 0.5) is 5.69 Å². The Hall–Kier alpha value is -1.27. The van der Waals surface area contributed by atoms with Crippen molar-refractivity contribution in [3.63, 3.8) is 0 Å². The number of benzene rings is 1. The molecule has 0 bridgehead atoms. The fraction of sp³-hybridized carbons (Fsp3) is 0.417. The van der Waals surface area contributed by atoms with Gasteiger partial charge in [-0.2, -0.15) is 0 Å². The van der Waals surface area contributed by atoms with Crippen LogP contribution in [0.25, 0.3) is 0 Å². The number of nitrogens with zero attached hydrogens (tertiary/aromatic N) is 1. The van der Waals surface area contributed by atoms with E-state index in [1.54, 1.807) is 19.1 Å². The van der Waals surface area contributed by atoms with Gasteiger partial charge in [-0.1, -0.05) is 17.7 Å². The molecule has 1 aromatic rings. The summed E-state index contributed by atoms with van der Waals surface area (Å²) in [6.07, 6.45) is 1.03. The van der Waals surface area contributed by atoms with Crippen molar-refractivity contribution in [2.45, 2.75) is 19.9 Å². The van der Waals surface area contributed by atoms with Crippen LogP contribution in [0.2, 0.25) is 5.02 Å². The lowest BCUT2D eigenvalue weighted by atomic mass is 10.2. The van der Waals surface area contributed by atoms with Gasteiger partial charge in [0, 0.05) is 5.02 Å². The van der Waals surface area contributed by atoms with Crippen LogP contribution in [0.5, 0.6) is 0 Å².